The Balaban J connectivity index is 0.667. The molecular formula is C57H72FN11O19S. The predicted molar refractivity (Wildman–Crippen MR) is 309 cm³/mol. The number of fused-ring (bicyclic) bond motifs is 5. The van der Waals surface area contributed by atoms with E-state index in [9.17, 15) is 62.6 Å². The Kier molecular flexibility index (Phi) is 23.3. The molecule has 2 aromatic heterocycles. The third-order valence-corrected chi connectivity index (χ3v) is 16.0. The molecule has 482 valence electrons. The molecule has 1 aromatic carbocycles. The summed E-state index contributed by atoms with van der Waals surface area (Å²) in [5.41, 5.74) is 0.841. The van der Waals surface area contributed by atoms with Crippen LogP contribution in [0, 0.1) is 12.7 Å². The van der Waals surface area contributed by atoms with E-state index >= 15 is 4.39 Å². The van der Waals surface area contributed by atoms with E-state index in [1.807, 2.05) is 0 Å². The largest absolute Gasteiger partial charge is 0.458 e. The standard InChI is InChI=1S/C57H72FN11O19S/c1-3-57(82)35-20-39-52-33(28-69(39)54(79)34(35)29-88-56(57)81)51-37(5-4-32-31(2)36(58)21-38(65-52)50(32)51)66-53(78)40-30-87-13-10-67(40)49(77)27-64-47(75)26-63-46(74)25-62-45(73)24-61-44(72)23-60-43(71)7-11-83-14-16-85-18-19-86-17-15-84-12-8-59-42(70)6-9-68-48(76)22-41(89)55(68)80/h20-21,37,40-41,82,89H,3-19,22-30H2,1-2H3,(H,59,70)(H,60,71)(H,61,72)(H,62,73)(H,63,74)(H,64,75)(H,66,78)/t37?,40?,41?,57-/m1/s1. The molecule has 8 N–H and O–H groups in total. The van der Waals surface area contributed by atoms with Gasteiger partial charge in [-0.1, -0.05) is 6.92 Å². The van der Waals surface area contributed by atoms with Gasteiger partial charge in [0.05, 0.1) is 139 Å². The number of carbonyl (C=O) groups is 11. The van der Waals surface area contributed by atoms with Gasteiger partial charge >= 0.3 is 5.97 Å². The number of esters is 1. The van der Waals surface area contributed by atoms with Crippen LogP contribution < -0.4 is 42.8 Å². The molecule has 89 heavy (non-hydrogen) atoms. The van der Waals surface area contributed by atoms with Crippen LogP contribution in [-0.4, -0.2) is 219 Å². The summed E-state index contributed by atoms with van der Waals surface area (Å²) >= 11 is 4.05. The molecule has 32 heteroatoms. The average molecular weight is 1270 g/mol. The van der Waals surface area contributed by atoms with Crippen molar-refractivity contribution in [2.24, 2.45) is 0 Å². The Morgan fingerprint density at radius 2 is 1.36 bits per heavy atom. The predicted octanol–water partition coefficient (Wildman–Crippen LogP) is -3.54. The van der Waals surface area contributed by atoms with E-state index in [4.69, 9.17) is 33.4 Å². The van der Waals surface area contributed by atoms with Crippen LogP contribution >= 0.6 is 12.6 Å². The molecule has 2 fully saturated rings. The zero-order chi connectivity index (χ0) is 63.9. The van der Waals surface area contributed by atoms with E-state index in [1.54, 1.807) is 19.9 Å². The molecule has 4 aliphatic heterocycles. The maximum Gasteiger partial charge on any atom is 0.343 e. The van der Waals surface area contributed by atoms with Gasteiger partial charge in [-0.15, -0.1) is 0 Å². The van der Waals surface area contributed by atoms with Crippen molar-refractivity contribution in [3.8, 4) is 11.4 Å². The maximum absolute atomic E-state index is 15.5. The van der Waals surface area contributed by atoms with E-state index < -0.39 is 120 Å². The van der Waals surface area contributed by atoms with Crippen molar-refractivity contribution in [3.63, 3.8) is 0 Å². The number of nitrogens with zero attached hydrogens (tertiary/aromatic N) is 4. The Hall–Kier alpha value is -8.01. The molecule has 30 nitrogen and oxygen atoms in total. The van der Waals surface area contributed by atoms with Gasteiger partial charge in [-0.05, 0) is 48.9 Å². The molecule has 3 unspecified atom stereocenters. The lowest BCUT2D eigenvalue weighted by Gasteiger charge is -2.36. The smallest absolute Gasteiger partial charge is 0.343 e. The first-order valence-corrected chi connectivity index (χ1v) is 29.6. The number of rotatable bonds is 31. The summed E-state index contributed by atoms with van der Waals surface area (Å²) in [4.78, 5) is 159. The van der Waals surface area contributed by atoms with Crippen LogP contribution in [0.3, 0.4) is 0 Å². The number of aromatic nitrogens is 2. The number of imide groups is 1. The van der Waals surface area contributed by atoms with Crippen LogP contribution in [0.15, 0.2) is 16.9 Å². The Labute approximate surface area is 514 Å². The molecule has 10 amide bonds. The first-order chi connectivity index (χ1) is 42.7. The molecule has 5 aliphatic rings. The van der Waals surface area contributed by atoms with Crippen molar-refractivity contribution < 1.29 is 90.7 Å². The first-order valence-electron chi connectivity index (χ1n) is 29.1. The molecule has 0 radical (unpaired) electrons. The number of thiol groups is 1. The Bertz CT molecular complexity index is 3330. The van der Waals surface area contributed by atoms with Crippen LogP contribution in [0.4, 0.5) is 4.39 Å². The Morgan fingerprint density at radius 1 is 0.764 bits per heavy atom. The number of hydrogen-bond acceptors (Lipinski definition) is 21. The summed E-state index contributed by atoms with van der Waals surface area (Å²) in [6, 6.07) is 0.988. The van der Waals surface area contributed by atoms with Gasteiger partial charge in [-0.2, -0.15) is 12.6 Å². The summed E-state index contributed by atoms with van der Waals surface area (Å²) in [6.07, 6.45) is 0.565. The zero-order valence-corrected chi connectivity index (χ0v) is 50.1. The van der Waals surface area contributed by atoms with E-state index in [2.05, 4.69) is 49.8 Å². The summed E-state index contributed by atoms with van der Waals surface area (Å²) < 4.78 is 49.4. The number of benzene rings is 1. The van der Waals surface area contributed by atoms with Crippen LogP contribution in [0.2, 0.25) is 0 Å². The Morgan fingerprint density at radius 3 is 1.98 bits per heavy atom. The van der Waals surface area contributed by atoms with Crippen LogP contribution in [0.5, 0.6) is 0 Å². The number of aryl methyl sites for hydroxylation is 1. The molecular weight excluding hydrogens is 1190 g/mol. The lowest BCUT2D eigenvalue weighted by Crippen LogP contribution is -2.58. The minimum atomic E-state index is -2.08. The third kappa shape index (κ3) is 16.4. The molecule has 0 bridgehead atoms. The fraction of sp³-hybridized carbons (Fsp3) is 0.561. The minimum absolute atomic E-state index is 0.00112. The second kappa shape index (κ2) is 30.9. The van der Waals surface area contributed by atoms with Gasteiger partial charge in [0, 0.05) is 61.5 Å². The molecule has 8 rings (SSSR count). The normalized spacial score (nSPS) is 19.0. The number of morpholine rings is 1. The number of nitrogens with one attached hydrogen (secondary N) is 7. The third-order valence-electron chi connectivity index (χ3n) is 15.6. The van der Waals surface area contributed by atoms with E-state index in [-0.39, 0.29) is 140 Å². The molecule has 0 spiro atoms. The number of cyclic esters (lactones) is 1. The molecule has 4 atom stereocenters. The van der Waals surface area contributed by atoms with Gasteiger partial charge < -0.3 is 80.2 Å². The second-order valence-corrected chi connectivity index (χ2v) is 22.0. The molecule has 1 aliphatic carbocycles. The summed E-state index contributed by atoms with van der Waals surface area (Å²) in [6.45, 7) is 2.31. The summed E-state index contributed by atoms with van der Waals surface area (Å²) in [7, 11) is 0. The molecule has 2 saturated heterocycles. The summed E-state index contributed by atoms with van der Waals surface area (Å²) in [5.74, 6) is -7.08. The van der Waals surface area contributed by atoms with Crippen molar-refractivity contribution in [2.45, 2.75) is 88.5 Å². The van der Waals surface area contributed by atoms with Gasteiger partial charge in [-0.25, -0.2) is 14.2 Å². The fourth-order valence-corrected chi connectivity index (χ4v) is 11.1. The number of amides is 10. The fourth-order valence-electron chi connectivity index (χ4n) is 10.8. The monoisotopic (exact) mass is 1270 g/mol. The number of hydrogen-bond donors (Lipinski definition) is 9. The highest BCUT2D eigenvalue weighted by molar-refractivity contribution is 7.81. The molecule has 3 aromatic rings. The van der Waals surface area contributed by atoms with Crippen molar-refractivity contribution in [1.82, 2.24) is 56.6 Å². The first kappa shape index (κ1) is 66.9. The van der Waals surface area contributed by atoms with E-state index in [0.29, 0.717) is 65.1 Å². The zero-order valence-electron chi connectivity index (χ0n) is 49.2. The number of halogens is 1. The second-order valence-electron chi connectivity index (χ2n) is 21.4. The lowest BCUT2D eigenvalue weighted by atomic mass is 9.81. The summed E-state index contributed by atoms with van der Waals surface area (Å²) in [5, 5.41) is 28.8. The lowest BCUT2D eigenvalue weighted by molar-refractivity contribution is -0.172. The van der Waals surface area contributed by atoms with Crippen LogP contribution in [-0.2, 0) is 106 Å². The highest BCUT2D eigenvalue weighted by atomic mass is 32.1. The van der Waals surface area contributed by atoms with Gasteiger partial charge in [-0.3, -0.25) is 57.6 Å². The highest BCUT2D eigenvalue weighted by Crippen LogP contribution is 2.46. The number of likely N-dealkylation sites (tertiary alicyclic amines) is 1. The SMILES string of the molecule is CC[C@]1(O)C(=O)OCc2c1cc1n(c2=O)Cc2c-1nc1cc(F)c(C)c3c1c2C(NC(=O)C1COCCN1C(=O)CNC(=O)CNC(=O)CNC(=O)CNC(=O)CNC(=O)CCOCCOCCOCCOCCNC(=O)CCN1C(=O)CC(S)C1=O)CC3. The van der Waals surface area contributed by atoms with Gasteiger partial charge in [0.2, 0.25) is 59.1 Å². The van der Waals surface area contributed by atoms with Crippen molar-refractivity contribution in [2.75, 3.05) is 118 Å². The molecule has 6 heterocycles. The van der Waals surface area contributed by atoms with Crippen molar-refractivity contribution in [1.29, 1.82) is 0 Å². The van der Waals surface area contributed by atoms with Gasteiger partial charge in [0.25, 0.3) is 5.56 Å². The number of pyridine rings is 2. The van der Waals surface area contributed by atoms with Crippen molar-refractivity contribution >= 4 is 88.6 Å². The number of aliphatic hydroxyl groups is 1. The van der Waals surface area contributed by atoms with E-state index in [0.717, 1.165) is 4.90 Å². The quantitative estimate of drug-likeness (QED) is 0.0102. The topological polar surface area (TPSA) is 389 Å². The number of ether oxygens (including phenoxy) is 6. The molecule has 0 saturated carbocycles. The maximum atomic E-state index is 15.5. The highest BCUT2D eigenvalue weighted by Gasteiger charge is 2.46. The van der Waals surface area contributed by atoms with Gasteiger partial charge in [0.1, 0.15) is 18.5 Å². The van der Waals surface area contributed by atoms with Crippen LogP contribution in [0.1, 0.15) is 78.5 Å². The van der Waals surface area contributed by atoms with Crippen LogP contribution in [0.25, 0.3) is 22.3 Å². The van der Waals surface area contributed by atoms with E-state index in [1.165, 1.54) is 15.5 Å². The average Bonchev–Trinajstić information content (AvgIpc) is 1.66. The van der Waals surface area contributed by atoms with Crippen molar-refractivity contribution in [3.05, 3.63) is 61.7 Å². The minimum Gasteiger partial charge on any atom is -0.458 e. The van der Waals surface area contributed by atoms with Gasteiger partial charge in [0.15, 0.2) is 5.60 Å². The number of carbonyl (C=O) groups excluding carboxylic acids is 11.